The molecule has 1 atom stereocenters. The van der Waals surface area contributed by atoms with Crippen LogP contribution in [-0.2, 0) is 0 Å². The first-order valence-electron chi connectivity index (χ1n) is 4.60. The molecule has 0 aromatic heterocycles. The van der Waals surface area contributed by atoms with E-state index >= 15 is 0 Å². The van der Waals surface area contributed by atoms with Crippen LogP contribution < -0.4 is 0 Å². The Morgan fingerprint density at radius 2 is 1.93 bits per heavy atom. The molecule has 1 rings (SSSR count). The summed E-state index contributed by atoms with van der Waals surface area (Å²) in [5, 5.41) is 9.87. The first kappa shape index (κ1) is 11.3. The smallest absolute Gasteiger partial charge is 0.0748 e. The van der Waals surface area contributed by atoms with E-state index in [0.29, 0.717) is 0 Å². The van der Waals surface area contributed by atoms with Gasteiger partial charge in [0.15, 0.2) is 0 Å². The molecular formula is C12H16OS. The van der Waals surface area contributed by atoms with Gasteiger partial charge in [0.2, 0.25) is 0 Å². The van der Waals surface area contributed by atoms with Crippen LogP contribution in [0.2, 0.25) is 0 Å². The van der Waals surface area contributed by atoms with Gasteiger partial charge >= 0.3 is 0 Å². The van der Waals surface area contributed by atoms with Gasteiger partial charge in [0, 0.05) is 4.90 Å². The molecule has 0 amide bonds. The van der Waals surface area contributed by atoms with E-state index in [4.69, 9.17) is 0 Å². The van der Waals surface area contributed by atoms with E-state index in [0.717, 1.165) is 4.90 Å². The second-order valence-electron chi connectivity index (χ2n) is 3.74. The van der Waals surface area contributed by atoms with Gasteiger partial charge in [-0.15, -0.1) is 18.3 Å². The Kier molecular flexibility index (Phi) is 3.78. The van der Waals surface area contributed by atoms with E-state index in [9.17, 15) is 5.11 Å². The molecule has 0 fully saturated rings. The third-order valence-corrected chi connectivity index (χ3v) is 3.48. The molecule has 0 aliphatic heterocycles. The van der Waals surface area contributed by atoms with Gasteiger partial charge in [-0.3, -0.25) is 0 Å². The van der Waals surface area contributed by atoms with Crippen LogP contribution in [0.25, 0.3) is 0 Å². The zero-order valence-corrected chi connectivity index (χ0v) is 9.42. The topological polar surface area (TPSA) is 20.2 Å². The van der Waals surface area contributed by atoms with E-state index in [1.165, 1.54) is 0 Å². The first-order valence-corrected chi connectivity index (χ1v) is 5.48. The SMILES string of the molecule is C=C[C@@H](Sc1ccccc1)C(C)(C)O. The predicted octanol–water partition coefficient (Wildman–Crippen LogP) is 3.10. The molecule has 76 valence electrons. The summed E-state index contributed by atoms with van der Waals surface area (Å²) in [6.45, 7) is 7.34. The third kappa shape index (κ3) is 3.20. The summed E-state index contributed by atoms with van der Waals surface area (Å²) >= 11 is 1.63. The van der Waals surface area contributed by atoms with Gasteiger partial charge in [-0.25, -0.2) is 0 Å². The van der Waals surface area contributed by atoms with Crippen molar-refractivity contribution in [3.05, 3.63) is 43.0 Å². The van der Waals surface area contributed by atoms with Crippen molar-refractivity contribution in [2.45, 2.75) is 29.6 Å². The van der Waals surface area contributed by atoms with Crippen LogP contribution in [0.4, 0.5) is 0 Å². The summed E-state index contributed by atoms with van der Waals surface area (Å²) in [5.74, 6) is 0. The van der Waals surface area contributed by atoms with Crippen LogP contribution >= 0.6 is 11.8 Å². The standard InChI is InChI=1S/C12H16OS/c1-4-11(12(2,3)13)14-10-8-6-5-7-9-10/h4-9,11,13H,1H2,2-3H3/t11-/m1/s1. The highest BCUT2D eigenvalue weighted by Crippen LogP contribution is 2.30. The normalized spacial score (nSPS) is 13.6. The van der Waals surface area contributed by atoms with E-state index < -0.39 is 5.60 Å². The molecule has 1 aromatic rings. The summed E-state index contributed by atoms with van der Waals surface area (Å²) in [5.41, 5.74) is -0.734. The summed E-state index contributed by atoms with van der Waals surface area (Å²) < 4.78 is 0. The predicted molar refractivity (Wildman–Crippen MR) is 62.6 cm³/mol. The highest BCUT2D eigenvalue weighted by atomic mass is 32.2. The molecule has 1 aromatic carbocycles. The van der Waals surface area contributed by atoms with Crippen LogP contribution in [-0.4, -0.2) is 16.0 Å². The van der Waals surface area contributed by atoms with Crippen LogP contribution in [0.1, 0.15) is 13.8 Å². The van der Waals surface area contributed by atoms with E-state index in [-0.39, 0.29) is 5.25 Å². The van der Waals surface area contributed by atoms with Crippen molar-refractivity contribution in [3.63, 3.8) is 0 Å². The zero-order valence-electron chi connectivity index (χ0n) is 8.60. The number of rotatable bonds is 4. The second-order valence-corrected chi connectivity index (χ2v) is 4.96. The Hall–Kier alpha value is -0.730. The average Bonchev–Trinajstić information content (AvgIpc) is 2.14. The fourth-order valence-corrected chi connectivity index (χ4v) is 2.12. The van der Waals surface area contributed by atoms with Crippen molar-refractivity contribution in [2.24, 2.45) is 0 Å². The molecule has 1 nitrogen and oxygen atoms in total. The maximum absolute atomic E-state index is 9.85. The molecule has 0 saturated heterocycles. The number of aliphatic hydroxyl groups is 1. The first-order chi connectivity index (χ1) is 6.54. The molecule has 0 spiro atoms. The molecular weight excluding hydrogens is 192 g/mol. The number of thioether (sulfide) groups is 1. The largest absolute Gasteiger partial charge is 0.389 e. The summed E-state index contributed by atoms with van der Waals surface area (Å²) in [4.78, 5) is 1.15. The highest BCUT2D eigenvalue weighted by Gasteiger charge is 2.24. The quantitative estimate of drug-likeness (QED) is 0.606. The fourth-order valence-electron chi connectivity index (χ4n) is 1.13. The van der Waals surface area contributed by atoms with Crippen molar-refractivity contribution in [1.82, 2.24) is 0 Å². The van der Waals surface area contributed by atoms with Gasteiger partial charge in [-0.2, -0.15) is 0 Å². The summed E-state index contributed by atoms with van der Waals surface area (Å²) in [7, 11) is 0. The van der Waals surface area contributed by atoms with E-state index in [1.54, 1.807) is 31.7 Å². The van der Waals surface area contributed by atoms with Crippen molar-refractivity contribution in [1.29, 1.82) is 0 Å². The van der Waals surface area contributed by atoms with Gasteiger partial charge < -0.3 is 5.11 Å². The van der Waals surface area contributed by atoms with Crippen molar-refractivity contribution in [2.75, 3.05) is 0 Å². The number of benzene rings is 1. The lowest BCUT2D eigenvalue weighted by atomic mass is 10.1. The van der Waals surface area contributed by atoms with Crippen LogP contribution in [0, 0.1) is 0 Å². The van der Waals surface area contributed by atoms with Crippen molar-refractivity contribution < 1.29 is 5.11 Å². The molecule has 14 heavy (non-hydrogen) atoms. The Morgan fingerprint density at radius 1 is 1.36 bits per heavy atom. The Balaban J connectivity index is 2.72. The van der Waals surface area contributed by atoms with Crippen molar-refractivity contribution >= 4 is 11.8 Å². The monoisotopic (exact) mass is 208 g/mol. The Morgan fingerprint density at radius 3 is 2.36 bits per heavy atom. The van der Waals surface area contributed by atoms with Crippen LogP contribution in [0.3, 0.4) is 0 Å². The average molecular weight is 208 g/mol. The van der Waals surface area contributed by atoms with Crippen molar-refractivity contribution in [3.8, 4) is 0 Å². The molecule has 0 aliphatic carbocycles. The Bertz CT molecular complexity index is 287. The minimum Gasteiger partial charge on any atom is -0.389 e. The van der Waals surface area contributed by atoms with E-state index in [1.807, 2.05) is 30.3 Å². The van der Waals surface area contributed by atoms with Gasteiger partial charge in [0.25, 0.3) is 0 Å². The minimum atomic E-state index is -0.734. The lowest BCUT2D eigenvalue weighted by Crippen LogP contribution is -2.31. The zero-order chi connectivity index (χ0) is 10.6. The maximum atomic E-state index is 9.85. The molecule has 1 N–H and O–H groups in total. The molecule has 0 aliphatic rings. The molecule has 2 heteroatoms. The van der Waals surface area contributed by atoms with Gasteiger partial charge in [0.05, 0.1) is 10.9 Å². The maximum Gasteiger partial charge on any atom is 0.0748 e. The van der Waals surface area contributed by atoms with E-state index in [2.05, 4.69) is 6.58 Å². The van der Waals surface area contributed by atoms with Gasteiger partial charge in [0.1, 0.15) is 0 Å². The Labute approximate surface area is 89.8 Å². The van der Waals surface area contributed by atoms with Gasteiger partial charge in [-0.1, -0.05) is 24.3 Å². The lowest BCUT2D eigenvalue weighted by molar-refractivity contribution is 0.0894. The number of hydrogen-bond donors (Lipinski definition) is 1. The fraction of sp³-hybridized carbons (Fsp3) is 0.333. The second kappa shape index (κ2) is 4.67. The molecule has 0 unspecified atom stereocenters. The molecule has 0 heterocycles. The van der Waals surface area contributed by atoms with Gasteiger partial charge in [-0.05, 0) is 26.0 Å². The van der Waals surface area contributed by atoms with Crippen LogP contribution in [0.5, 0.6) is 0 Å². The molecule has 0 radical (unpaired) electrons. The highest BCUT2D eigenvalue weighted by molar-refractivity contribution is 8.00. The van der Waals surface area contributed by atoms with Crippen LogP contribution in [0.15, 0.2) is 47.9 Å². The molecule has 0 saturated carbocycles. The summed E-state index contributed by atoms with van der Waals surface area (Å²) in [6, 6.07) is 10.0. The number of hydrogen-bond acceptors (Lipinski definition) is 2. The molecule has 0 bridgehead atoms. The minimum absolute atomic E-state index is 0.0184. The third-order valence-electron chi connectivity index (χ3n) is 1.92. The summed E-state index contributed by atoms with van der Waals surface area (Å²) in [6.07, 6.45) is 1.79. The lowest BCUT2D eigenvalue weighted by Gasteiger charge is -2.25.